The van der Waals surface area contributed by atoms with E-state index in [4.69, 9.17) is 14.3 Å². The second-order valence-electron chi connectivity index (χ2n) is 9.30. The molecule has 3 N–H and O–H groups in total. The summed E-state index contributed by atoms with van der Waals surface area (Å²) in [6, 6.07) is 20.5. The maximum atomic E-state index is 14.1. The molecule has 0 bridgehead atoms. The Morgan fingerprint density at radius 1 is 1.00 bits per heavy atom. The zero-order chi connectivity index (χ0) is 26.4. The van der Waals surface area contributed by atoms with Crippen molar-refractivity contribution in [1.82, 2.24) is 15.5 Å². The number of hydrogen-bond donors (Lipinski definition) is 3. The van der Waals surface area contributed by atoms with Crippen molar-refractivity contribution in [2.24, 2.45) is 0 Å². The van der Waals surface area contributed by atoms with Gasteiger partial charge in [0.2, 0.25) is 11.7 Å². The Morgan fingerprint density at radius 3 is 2.46 bits per heavy atom. The lowest BCUT2D eigenvalue weighted by Gasteiger charge is -2.14. The molecule has 37 heavy (non-hydrogen) atoms. The van der Waals surface area contributed by atoms with Crippen LogP contribution in [0.15, 0.2) is 71.3 Å². The summed E-state index contributed by atoms with van der Waals surface area (Å²) in [5, 5.41) is 7.38. The van der Waals surface area contributed by atoms with Crippen molar-refractivity contribution in [3.63, 3.8) is 0 Å². The van der Waals surface area contributed by atoms with Crippen molar-refractivity contribution in [2.45, 2.75) is 39.2 Å². The zero-order valence-electron chi connectivity index (χ0n) is 20.9. The first-order valence-electron chi connectivity index (χ1n) is 12.2. The van der Waals surface area contributed by atoms with Crippen molar-refractivity contribution >= 4 is 7.60 Å². The number of hydrogen-bond acceptors (Lipinski definition) is 5. The lowest BCUT2D eigenvalue weighted by molar-refractivity contribution is 0.364. The third-order valence-electron chi connectivity index (χ3n) is 6.35. The predicted octanol–water partition coefficient (Wildman–Crippen LogP) is 5.52. The van der Waals surface area contributed by atoms with E-state index in [0.29, 0.717) is 37.6 Å². The van der Waals surface area contributed by atoms with Gasteiger partial charge in [-0.2, -0.15) is 4.98 Å². The van der Waals surface area contributed by atoms with Crippen LogP contribution >= 0.6 is 7.60 Å². The fourth-order valence-electron chi connectivity index (χ4n) is 4.15. The van der Waals surface area contributed by atoms with E-state index in [2.05, 4.69) is 47.5 Å². The quantitative estimate of drug-likeness (QED) is 0.175. The molecule has 1 aromatic heterocycles. The standard InChI is InChI=1S/C28H31FN3O4P/c1-19-7-8-22(15-20(19)2)16-26(24-5-3-6-25(29)17-24)28-31-27(32-36-28)23-11-9-21(10-12-23)18-30-13-4-14-37(33,34)35/h3,5-12,15,17,26,30H,4,13-14,16,18H2,1-2H3,(H2,33,34,35). The summed E-state index contributed by atoms with van der Waals surface area (Å²) in [7, 11) is -3.95. The molecule has 3 aromatic carbocycles. The maximum absolute atomic E-state index is 14.1. The molecule has 0 aliphatic carbocycles. The minimum Gasteiger partial charge on any atom is -0.338 e. The highest BCUT2D eigenvalue weighted by Gasteiger charge is 2.23. The van der Waals surface area contributed by atoms with Crippen LogP contribution in [0.2, 0.25) is 0 Å². The number of aromatic nitrogens is 2. The Hall–Kier alpha value is -3.16. The summed E-state index contributed by atoms with van der Waals surface area (Å²) in [5.41, 5.74) is 6.10. The van der Waals surface area contributed by atoms with Crippen molar-refractivity contribution in [3.8, 4) is 11.4 Å². The largest absolute Gasteiger partial charge is 0.338 e. The van der Waals surface area contributed by atoms with Crippen molar-refractivity contribution in [2.75, 3.05) is 12.7 Å². The Balaban J connectivity index is 1.48. The van der Waals surface area contributed by atoms with Gasteiger partial charge in [0.05, 0.1) is 12.1 Å². The molecule has 0 amide bonds. The third kappa shape index (κ3) is 7.66. The van der Waals surface area contributed by atoms with Crippen LogP contribution in [0.3, 0.4) is 0 Å². The molecule has 0 radical (unpaired) electrons. The molecule has 7 nitrogen and oxygen atoms in total. The first-order chi connectivity index (χ1) is 17.7. The summed E-state index contributed by atoms with van der Waals surface area (Å²) in [6.07, 6.45) is 0.876. The molecule has 1 atom stereocenters. The van der Waals surface area contributed by atoms with Gasteiger partial charge in [-0.1, -0.05) is 59.8 Å². The van der Waals surface area contributed by atoms with Gasteiger partial charge in [-0.3, -0.25) is 4.57 Å². The molecular formula is C28H31FN3O4P. The van der Waals surface area contributed by atoms with Crippen LogP contribution in [-0.4, -0.2) is 32.6 Å². The lowest BCUT2D eigenvalue weighted by atomic mass is 9.90. The van der Waals surface area contributed by atoms with E-state index < -0.39 is 7.60 Å². The van der Waals surface area contributed by atoms with Crippen LogP contribution in [0.1, 0.15) is 46.0 Å². The number of halogens is 1. The number of benzene rings is 3. The minimum absolute atomic E-state index is 0.126. The number of aryl methyl sites for hydroxylation is 2. The number of rotatable bonds is 11. The molecule has 194 valence electrons. The van der Waals surface area contributed by atoms with Gasteiger partial charge in [-0.25, -0.2) is 4.39 Å². The second-order valence-corrected chi connectivity index (χ2v) is 11.1. The zero-order valence-corrected chi connectivity index (χ0v) is 21.8. The third-order valence-corrected chi connectivity index (χ3v) is 7.25. The summed E-state index contributed by atoms with van der Waals surface area (Å²) < 4.78 is 30.7. The molecule has 0 saturated carbocycles. The normalized spacial score (nSPS) is 12.6. The van der Waals surface area contributed by atoms with Crippen LogP contribution in [0.25, 0.3) is 11.4 Å². The number of nitrogens with one attached hydrogen (secondary N) is 1. The maximum Gasteiger partial charge on any atom is 0.325 e. The topological polar surface area (TPSA) is 108 Å². The highest BCUT2D eigenvalue weighted by molar-refractivity contribution is 7.51. The summed E-state index contributed by atoms with van der Waals surface area (Å²) in [6.45, 7) is 5.24. The average Bonchev–Trinajstić information content (AvgIpc) is 3.34. The molecule has 4 rings (SSSR count). The van der Waals surface area contributed by atoms with E-state index in [0.717, 1.165) is 22.3 Å². The van der Waals surface area contributed by atoms with Crippen molar-refractivity contribution < 1.29 is 23.3 Å². The van der Waals surface area contributed by atoms with Crippen molar-refractivity contribution in [1.29, 1.82) is 0 Å². The van der Waals surface area contributed by atoms with E-state index in [1.165, 1.54) is 23.3 Å². The van der Waals surface area contributed by atoms with Gasteiger partial charge in [0.1, 0.15) is 5.82 Å². The highest BCUT2D eigenvalue weighted by atomic mass is 31.2. The molecular weight excluding hydrogens is 492 g/mol. The van der Waals surface area contributed by atoms with E-state index >= 15 is 0 Å². The second kappa shape index (κ2) is 11.9. The van der Waals surface area contributed by atoms with Crippen LogP contribution < -0.4 is 5.32 Å². The Kier molecular flexibility index (Phi) is 8.67. The van der Waals surface area contributed by atoms with E-state index in [1.54, 1.807) is 6.07 Å². The lowest BCUT2D eigenvalue weighted by Crippen LogP contribution is -2.15. The van der Waals surface area contributed by atoms with Crippen LogP contribution in [0, 0.1) is 19.7 Å². The fourth-order valence-corrected chi connectivity index (χ4v) is 4.72. The monoisotopic (exact) mass is 523 g/mol. The van der Waals surface area contributed by atoms with Crippen LogP contribution in [0.4, 0.5) is 4.39 Å². The van der Waals surface area contributed by atoms with Gasteiger partial charge in [-0.15, -0.1) is 0 Å². The van der Waals surface area contributed by atoms with Gasteiger partial charge in [0.25, 0.3) is 0 Å². The van der Waals surface area contributed by atoms with Crippen molar-refractivity contribution in [3.05, 3.63) is 106 Å². The Labute approximate surface area is 215 Å². The Morgan fingerprint density at radius 2 is 1.76 bits per heavy atom. The highest BCUT2D eigenvalue weighted by Crippen LogP contribution is 2.34. The van der Waals surface area contributed by atoms with Gasteiger partial charge in [-0.05, 0) is 73.2 Å². The molecule has 0 aliphatic rings. The molecule has 1 heterocycles. The SMILES string of the molecule is Cc1ccc(CC(c2cccc(F)c2)c2nc(-c3ccc(CNCCCP(=O)(O)O)cc3)no2)cc1C. The minimum atomic E-state index is -3.95. The smallest absolute Gasteiger partial charge is 0.325 e. The van der Waals surface area contributed by atoms with Gasteiger partial charge in [0.15, 0.2) is 0 Å². The van der Waals surface area contributed by atoms with Gasteiger partial charge in [0, 0.05) is 12.1 Å². The first-order valence-corrected chi connectivity index (χ1v) is 14.0. The van der Waals surface area contributed by atoms with Gasteiger partial charge < -0.3 is 19.6 Å². The predicted molar refractivity (Wildman–Crippen MR) is 141 cm³/mol. The fraction of sp³-hybridized carbons (Fsp3) is 0.286. The number of nitrogens with zero attached hydrogens (tertiary/aromatic N) is 2. The molecule has 0 saturated heterocycles. The van der Waals surface area contributed by atoms with Gasteiger partial charge >= 0.3 is 7.60 Å². The first kappa shape index (κ1) is 26.9. The summed E-state index contributed by atoms with van der Waals surface area (Å²) >= 11 is 0. The Bertz CT molecular complexity index is 1380. The summed E-state index contributed by atoms with van der Waals surface area (Å²) in [4.78, 5) is 22.5. The average molecular weight is 524 g/mol. The van der Waals surface area contributed by atoms with E-state index in [1.807, 2.05) is 30.3 Å². The molecule has 4 aromatic rings. The summed E-state index contributed by atoms with van der Waals surface area (Å²) in [5.74, 6) is 0.274. The molecule has 9 heteroatoms. The molecule has 0 fully saturated rings. The van der Waals surface area contributed by atoms with E-state index in [-0.39, 0.29) is 17.9 Å². The van der Waals surface area contributed by atoms with Crippen LogP contribution in [-0.2, 0) is 17.5 Å². The molecule has 0 spiro atoms. The molecule has 1 unspecified atom stereocenters. The van der Waals surface area contributed by atoms with E-state index in [9.17, 15) is 8.96 Å². The molecule has 0 aliphatic heterocycles. The van der Waals surface area contributed by atoms with Crippen LogP contribution in [0.5, 0.6) is 0 Å².